The lowest BCUT2D eigenvalue weighted by Gasteiger charge is -2.30. The van der Waals surface area contributed by atoms with E-state index in [2.05, 4.69) is 26.3 Å². The Bertz CT molecular complexity index is 834. The lowest BCUT2D eigenvalue weighted by Crippen LogP contribution is -2.38. The van der Waals surface area contributed by atoms with Gasteiger partial charge >= 0.3 is 0 Å². The minimum atomic E-state index is 0.445. The standard InChI is InChI=1S/C24H36ClN5OS/c1-31-12-11-26-18-7-9-19(10-8-18)29-23-13-20(21(25)15-27-23)22-16-32-24(30-22)28-14-17-5-3-2-4-6-17/h13,15-19,26H,2-12,14H2,1H3,(H,27,29)(H,28,30)/t18-,19-. The van der Waals surface area contributed by atoms with Crippen LogP contribution in [0.25, 0.3) is 11.3 Å². The summed E-state index contributed by atoms with van der Waals surface area (Å²) in [4.78, 5) is 9.34. The summed E-state index contributed by atoms with van der Waals surface area (Å²) in [6.07, 6.45) is 13.1. The quantitative estimate of drug-likeness (QED) is 0.375. The highest BCUT2D eigenvalue weighted by Crippen LogP contribution is 2.33. The number of nitrogens with zero attached hydrogens (tertiary/aromatic N) is 2. The smallest absolute Gasteiger partial charge is 0.183 e. The zero-order chi connectivity index (χ0) is 22.2. The lowest BCUT2D eigenvalue weighted by atomic mass is 9.89. The first kappa shape index (κ1) is 23.7. The number of hydrogen-bond acceptors (Lipinski definition) is 7. The molecule has 0 unspecified atom stereocenters. The Labute approximate surface area is 200 Å². The molecule has 2 aliphatic carbocycles. The summed E-state index contributed by atoms with van der Waals surface area (Å²) in [6.45, 7) is 2.71. The maximum absolute atomic E-state index is 6.50. The summed E-state index contributed by atoms with van der Waals surface area (Å²) < 4.78 is 5.13. The monoisotopic (exact) mass is 477 g/mol. The third-order valence-corrected chi connectivity index (χ3v) is 7.82. The van der Waals surface area contributed by atoms with Crippen LogP contribution < -0.4 is 16.0 Å². The minimum Gasteiger partial charge on any atom is -0.383 e. The molecule has 6 nitrogen and oxygen atoms in total. The van der Waals surface area contributed by atoms with E-state index in [4.69, 9.17) is 21.3 Å². The number of aromatic nitrogens is 2. The van der Waals surface area contributed by atoms with Gasteiger partial charge in [-0.25, -0.2) is 9.97 Å². The van der Waals surface area contributed by atoms with Crippen LogP contribution in [0, 0.1) is 5.92 Å². The molecular weight excluding hydrogens is 442 g/mol. The van der Waals surface area contributed by atoms with Gasteiger partial charge in [0.15, 0.2) is 5.13 Å². The molecule has 3 N–H and O–H groups in total. The van der Waals surface area contributed by atoms with Gasteiger partial charge in [-0.15, -0.1) is 11.3 Å². The molecule has 8 heteroatoms. The molecule has 0 saturated heterocycles. The highest BCUT2D eigenvalue weighted by molar-refractivity contribution is 7.14. The molecule has 0 atom stereocenters. The van der Waals surface area contributed by atoms with Crippen LogP contribution in [-0.4, -0.2) is 48.9 Å². The fraction of sp³-hybridized carbons (Fsp3) is 0.667. The molecule has 2 aromatic heterocycles. The van der Waals surface area contributed by atoms with Crippen molar-refractivity contribution in [1.29, 1.82) is 0 Å². The topological polar surface area (TPSA) is 71.1 Å². The van der Waals surface area contributed by atoms with Crippen LogP contribution in [0.2, 0.25) is 5.02 Å². The van der Waals surface area contributed by atoms with Gasteiger partial charge in [0.05, 0.1) is 17.3 Å². The van der Waals surface area contributed by atoms with E-state index in [-0.39, 0.29) is 0 Å². The molecule has 0 amide bonds. The summed E-state index contributed by atoms with van der Waals surface area (Å²) in [6, 6.07) is 3.08. The van der Waals surface area contributed by atoms with Gasteiger partial charge in [-0.1, -0.05) is 30.9 Å². The van der Waals surface area contributed by atoms with Crippen molar-refractivity contribution in [1.82, 2.24) is 15.3 Å². The minimum absolute atomic E-state index is 0.445. The molecule has 0 aliphatic heterocycles. The van der Waals surface area contributed by atoms with E-state index in [9.17, 15) is 0 Å². The number of thiazole rings is 1. The molecule has 176 valence electrons. The van der Waals surface area contributed by atoms with E-state index in [1.165, 1.54) is 44.9 Å². The average molecular weight is 478 g/mol. The van der Waals surface area contributed by atoms with Gasteiger partial charge in [-0.2, -0.15) is 0 Å². The van der Waals surface area contributed by atoms with Crippen molar-refractivity contribution in [3.8, 4) is 11.3 Å². The number of hydrogen-bond donors (Lipinski definition) is 3. The van der Waals surface area contributed by atoms with Crippen LogP contribution in [0.15, 0.2) is 17.6 Å². The lowest BCUT2D eigenvalue weighted by molar-refractivity contribution is 0.191. The molecule has 0 bridgehead atoms. The highest BCUT2D eigenvalue weighted by Gasteiger charge is 2.21. The fourth-order valence-corrected chi connectivity index (χ4v) is 5.75. The van der Waals surface area contributed by atoms with Crippen molar-refractivity contribution >= 4 is 33.9 Å². The summed E-state index contributed by atoms with van der Waals surface area (Å²) in [5, 5.41) is 14.5. The van der Waals surface area contributed by atoms with Crippen molar-refractivity contribution < 1.29 is 4.74 Å². The Hall–Kier alpha value is -1.41. The normalized spacial score (nSPS) is 22.1. The van der Waals surface area contributed by atoms with E-state index in [1.807, 2.05) is 6.07 Å². The molecule has 0 aromatic carbocycles. The Morgan fingerprint density at radius 1 is 1.09 bits per heavy atom. The highest BCUT2D eigenvalue weighted by atomic mass is 35.5. The van der Waals surface area contributed by atoms with Crippen molar-refractivity contribution in [3.63, 3.8) is 0 Å². The molecule has 2 heterocycles. The van der Waals surface area contributed by atoms with E-state index in [0.29, 0.717) is 17.1 Å². The van der Waals surface area contributed by atoms with Crippen LogP contribution in [0.3, 0.4) is 0 Å². The van der Waals surface area contributed by atoms with Gasteiger partial charge in [0, 0.05) is 49.4 Å². The van der Waals surface area contributed by atoms with E-state index in [0.717, 1.165) is 60.7 Å². The molecular formula is C24H36ClN5OS. The van der Waals surface area contributed by atoms with Crippen LogP contribution in [0.4, 0.5) is 10.9 Å². The van der Waals surface area contributed by atoms with Gasteiger partial charge in [-0.3, -0.25) is 0 Å². The van der Waals surface area contributed by atoms with Gasteiger partial charge in [0.2, 0.25) is 0 Å². The molecule has 4 rings (SSSR count). The predicted molar refractivity (Wildman–Crippen MR) is 135 cm³/mol. The molecule has 2 aromatic rings. The number of methoxy groups -OCH3 is 1. The number of anilines is 2. The Morgan fingerprint density at radius 2 is 1.88 bits per heavy atom. The first-order valence-electron chi connectivity index (χ1n) is 12.1. The van der Waals surface area contributed by atoms with Gasteiger partial charge in [0.1, 0.15) is 5.82 Å². The first-order chi connectivity index (χ1) is 15.7. The predicted octanol–water partition coefficient (Wildman–Crippen LogP) is 5.81. The van der Waals surface area contributed by atoms with Crippen molar-refractivity contribution in [3.05, 3.63) is 22.7 Å². The summed E-state index contributed by atoms with van der Waals surface area (Å²) in [5.41, 5.74) is 1.86. The van der Waals surface area contributed by atoms with Gasteiger partial charge in [-0.05, 0) is 50.5 Å². The number of pyridine rings is 1. The van der Waals surface area contributed by atoms with Crippen LogP contribution in [0.1, 0.15) is 57.8 Å². The zero-order valence-electron chi connectivity index (χ0n) is 19.0. The SMILES string of the molecule is COCCN[C@H]1CC[C@H](Nc2cc(-c3csc(NCC4CCCCC4)n3)c(Cl)cn2)CC1. The summed E-state index contributed by atoms with van der Waals surface area (Å²) in [5.74, 6) is 1.66. The van der Waals surface area contributed by atoms with Crippen molar-refractivity contribution in [2.45, 2.75) is 69.9 Å². The average Bonchev–Trinajstić information content (AvgIpc) is 3.30. The van der Waals surface area contributed by atoms with Crippen LogP contribution >= 0.6 is 22.9 Å². The summed E-state index contributed by atoms with van der Waals surface area (Å²) in [7, 11) is 1.75. The van der Waals surface area contributed by atoms with Gasteiger partial charge < -0.3 is 20.7 Å². The van der Waals surface area contributed by atoms with Crippen LogP contribution in [0.5, 0.6) is 0 Å². The van der Waals surface area contributed by atoms with Crippen LogP contribution in [-0.2, 0) is 4.74 Å². The Balaban J connectivity index is 1.31. The zero-order valence-corrected chi connectivity index (χ0v) is 20.6. The second kappa shape index (κ2) is 12.2. The second-order valence-electron chi connectivity index (χ2n) is 9.11. The van der Waals surface area contributed by atoms with E-state index >= 15 is 0 Å². The largest absolute Gasteiger partial charge is 0.383 e. The van der Waals surface area contributed by atoms with E-state index in [1.54, 1.807) is 24.6 Å². The fourth-order valence-electron chi connectivity index (χ4n) is 4.83. The maximum Gasteiger partial charge on any atom is 0.183 e. The Kier molecular flexibility index (Phi) is 9.02. The molecule has 32 heavy (non-hydrogen) atoms. The number of ether oxygens (including phenoxy) is 1. The maximum atomic E-state index is 6.50. The molecule has 0 radical (unpaired) electrons. The first-order valence-corrected chi connectivity index (χ1v) is 13.3. The molecule has 2 aliphatic rings. The molecule has 2 fully saturated rings. The van der Waals surface area contributed by atoms with Gasteiger partial charge in [0.25, 0.3) is 0 Å². The number of nitrogens with one attached hydrogen (secondary N) is 3. The van der Waals surface area contributed by atoms with E-state index < -0.39 is 0 Å². The molecule has 2 saturated carbocycles. The van der Waals surface area contributed by atoms with Crippen molar-refractivity contribution in [2.24, 2.45) is 5.92 Å². The third-order valence-electron chi connectivity index (χ3n) is 6.72. The second-order valence-corrected chi connectivity index (χ2v) is 10.4. The Morgan fingerprint density at radius 3 is 2.66 bits per heavy atom. The number of halogens is 1. The molecule has 0 spiro atoms. The third kappa shape index (κ3) is 6.80. The number of rotatable bonds is 10. The summed E-state index contributed by atoms with van der Waals surface area (Å²) >= 11 is 8.15. The van der Waals surface area contributed by atoms with Crippen molar-refractivity contribution in [2.75, 3.05) is 37.4 Å².